The molecule has 1 saturated carbocycles. The third-order valence-electron chi connectivity index (χ3n) is 5.53. The van der Waals surface area contributed by atoms with Crippen molar-refractivity contribution in [3.8, 4) is 0 Å². The number of aromatic nitrogens is 2. The van der Waals surface area contributed by atoms with Crippen LogP contribution in [0.2, 0.25) is 0 Å². The summed E-state index contributed by atoms with van der Waals surface area (Å²) in [7, 11) is 0. The molecular weight excluding hydrogens is 284 g/mol. The molecule has 0 radical (unpaired) electrons. The Morgan fingerprint density at radius 1 is 1.17 bits per heavy atom. The van der Waals surface area contributed by atoms with Crippen LogP contribution in [-0.4, -0.2) is 40.4 Å². The molecule has 0 bridgehead atoms. The second kappa shape index (κ2) is 8.29. The molecule has 3 rings (SSSR count). The van der Waals surface area contributed by atoms with E-state index in [4.69, 9.17) is 0 Å². The highest BCUT2D eigenvalue weighted by molar-refractivity contribution is 5.04. The van der Waals surface area contributed by atoms with Crippen molar-refractivity contribution < 1.29 is 0 Å². The summed E-state index contributed by atoms with van der Waals surface area (Å²) < 4.78 is 2.05. The Labute approximate surface area is 141 Å². The highest BCUT2D eigenvalue weighted by atomic mass is 15.3. The molecule has 1 N–H and O–H groups in total. The van der Waals surface area contributed by atoms with E-state index < -0.39 is 0 Å². The van der Waals surface area contributed by atoms with Crippen LogP contribution in [0.5, 0.6) is 0 Å². The smallest absolute Gasteiger partial charge is 0.0534 e. The summed E-state index contributed by atoms with van der Waals surface area (Å²) in [6.07, 6.45) is 14.2. The summed E-state index contributed by atoms with van der Waals surface area (Å²) in [6, 6.07) is 1.10. The zero-order chi connectivity index (χ0) is 16.1. The van der Waals surface area contributed by atoms with Crippen LogP contribution in [0.3, 0.4) is 0 Å². The van der Waals surface area contributed by atoms with Crippen LogP contribution in [0.4, 0.5) is 0 Å². The normalized spacial score (nSPS) is 24.4. The van der Waals surface area contributed by atoms with Crippen LogP contribution in [0.25, 0.3) is 0 Å². The molecule has 1 saturated heterocycles. The lowest BCUT2D eigenvalue weighted by Crippen LogP contribution is -2.47. The SMILES string of the molecule is CC(C)n1cc(CN[C@H]2CCCN(CC3CCCCC3)C2)cn1. The maximum absolute atomic E-state index is 4.44. The van der Waals surface area contributed by atoms with Gasteiger partial charge >= 0.3 is 0 Å². The van der Waals surface area contributed by atoms with Crippen LogP contribution in [0.1, 0.15) is 70.4 Å². The van der Waals surface area contributed by atoms with Gasteiger partial charge in [0.25, 0.3) is 0 Å². The Kier molecular flexibility index (Phi) is 6.12. The number of nitrogens with zero attached hydrogens (tertiary/aromatic N) is 3. The number of hydrogen-bond acceptors (Lipinski definition) is 3. The van der Waals surface area contributed by atoms with Crippen molar-refractivity contribution in [3.05, 3.63) is 18.0 Å². The first-order valence-electron chi connectivity index (χ1n) is 9.69. The van der Waals surface area contributed by atoms with Gasteiger partial charge in [-0.25, -0.2) is 0 Å². The Morgan fingerprint density at radius 3 is 2.74 bits per heavy atom. The van der Waals surface area contributed by atoms with Crippen LogP contribution in [0.15, 0.2) is 12.4 Å². The summed E-state index contributed by atoms with van der Waals surface area (Å²) >= 11 is 0. The molecule has 1 aliphatic carbocycles. The zero-order valence-electron chi connectivity index (χ0n) is 15.0. The van der Waals surface area contributed by atoms with Crippen LogP contribution in [-0.2, 0) is 6.54 Å². The Balaban J connectivity index is 1.42. The lowest BCUT2D eigenvalue weighted by atomic mass is 9.88. The summed E-state index contributed by atoms with van der Waals surface area (Å²) in [6.45, 7) is 9.18. The van der Waals surface area contributed by atoms with Crippen molar-refractivity contribution in [2.45, 2.75) is 77.4 Å². The second-order valence-electron chi connectivity index (χ2n) is 7.91. The highest BCUT2D eigenvalue weighted by Crippen LogP contribution is 2.25. The Hall–Kier alpha value is -0.870. The molecule has 4 heteroatoms. The minimum absolute atomic E-state index is 0.449. The van der Waals surface area contributed by atoms with E-state index in [-0.39, 0.29) is 0 Å². The molecule has 0 amide bonds. The number of likely N-dealkylation sites (tertiary alicyclic amines) is 1. The van der Waals surface area contributed by atoms with E-state index >= 15 is 0 Å². The average Bonchev–Trinajstić information content (AvgIpc) is 3.04. The molecule has 2 heterocycles. The van der Waals surface area contributed by atoms with Gasteiger partial charge in [0.05, 0.1) is 6.20 Å². The molecule has 1 aliphatic heterocycles. The van der Waals surface area contributed by atoms with Crippen molar-refractivity contribution in [2.24, 2.45) is 5.92 Å². The van der Waals surface area contributed by atoms with Crippen LogP contribution in [0, 0.1) is 5.92 Å². The first-order chi connectivity index (χ1) is 11.2. The van der Waals surface area contributed by atoms with Crippen molar-refractivity contribution >= 4 is 0 Å². The number of hydrogen-bond donors (Lipinski definition) is 1. The lowest BCUT2D eigenvalue weighted by molar-refractivity contribution is 0.149. The largest absolute Gasteiger partial charge is 0.309 e. The van der Waals surface area contributed by atoms with Gasteiger partial charge in [-0.1, -0.05) is 19.3 Å². The Morgan fingerprint density at radius 2 is 2.00 bits per heavy atom. The second-order valence-corrected chi connectivity index (χ2v) is 7.91. The molecule has 23 heavy (non-hydrogen) atoms. The molecular formula is C19H34N4. The van der Waals surface area contributed by atoms with Gasteiger partial charge in [-0.05, 0) is 52.0 Å². The van der Waals surface area contributed by atoms with Crippen molar-refractivity contribution in [2.75, 3.05) is 19.6 Å². The van der Waals surface area contributed by atoms with Gasteiger partial charge in [0, 0.05) is 43.5 Å². The van der Waals surface area contributed by atoms with Crippen LogP contribution < -0.4 is 5.32 Å². The first-order valence-corrected chi connectivity index (χ1v) is 9.69. The quantitative estimate of drug-likeness (QED) is 0.870. The monoisotopic (exact) mass is 318 g/mol. The number of rotatable bonds is 6. The molecule has 0 aromatic carbocycles. The highest BCUT2D eigenvalue weighted by Gasteiger charge is 2.23. The number of piperidine rings is 1. The van der Waals surface area contributed by atoms with Gasteiger partial charge in [0.1, 0.15) is 0 Å². The van der Waals surface area contributed by atoms with Crippen molar-refractivity contribution in [1.29, 1.82) is 0 Å². The van der Waals surface area contributed by atoms with E-state index in [1.807, 2.05) is 10.9 Å². The molecule has 0 spiro atoms. The Bertz CT molecular complexity index is 462. The summed E-state index contributed by atoms with van der Waals surface area (Å²) in [5.74, 6) is 0.965. The van der Waals surface area contributed by atoms with Gasteiger partial charge in [-0.3, -0.25) is 4.68 Å². The summed E-state index contributed by atoms with van der Waals surface area (Å²) in [5.41, 5.74) is 1.31. The predicted octanol–water partition coefficient (Wildman–Crippen LogP) is 3.60. The lowest BCUT2D eigenvalue weighted by Gasteiger charge is -2.36. The fourth-order valence-electron chi connectivity index (χ4n) is 4.14. The molecule has 1 aromatic heterocycles. The summed E-state index contributed by atoms with van der Waals surface area (Å²) in [4.78, 5) is 2.72. The molecule has 1 atom stereocenters. The minimum atomic E-state index is 0.449. The van der Waals surface area contributed by atoms with E-state index in [9.17, 15) is 0 Å². The standard InChI is InChI=1S/C19H34N4/c1-16(2)23-14-18(12-21-23)11-20-19-9-6-10-22(15-19)13-17-7-4-3-5-8-17/h12,14,16-17,19-20H,3-11,13,15H2,1-2H3/t19-/m0/s1. The van der Waals surface area contributed by atoms with Gasteiger partial charge in [-0.15, -0.1) is 0 Å². The van der Waals surface area contributed by atoms with Gasteiger partial charge in [0.2, 0.25) is 0 Å². The average molecular weight is 319 g/mol. The van der Waals surface area contributed by atoms with Crippen molar-refractivity contribution in [1.82, 2.24) is 20.0 Å². The maximum atomic E-state index is 4.44. The van der Waals surface area contributed by atoms with Crippen molar-refractivity contribution in [3.63, 3.8) is 0 Å². The van der Waals surface area contributed by atoms with E-state index in [1.54, 1.807) is 0 Å². The fourth-order valence-corrected chi connectivity index (χ4v) is 4.14. The summed E-state index contributed by atoms with van der Waals surface area (Å²) in [5, 5.41) is 8.20. The molecule has 130 valence electrons. The predicted molar refractivity (Wildman–Crippen MR) is 95.5 cm³/mol. The van der Waals surface area contributed by atoms with Gasteiger partial charge < -0.3 is 10.2 Å². The minimum Gasteiger partial charge on any atom is -0.309 e. The molecule has 4 nitrogen and oxygen atoms in total. The maximum Gasteiger partial charge on any atom is 0.0534 e. The van der Waals surface area contributed by atoms with E-state index in [1.165, 1.54) is 70.1 Å². The molecule has 0 unspecified atom stereocenters. The topological polar surface area (TPSA) is 33.1 Å². The number of nitrogens with one attached hydrogen (secondary N) is 1. The fraction of sp³-hybridized carbons (Fsp3) is 0.842. The molecule has 1 aromatic rings. The third-order valence-corrected chi connectivity index (χ3v) is 5.53. The van der Waals surface area contributed by atoms with E-state index in [0.717, 1.165) is 12.5 Å². The van der Waals surface area contributed by atoms with Gasteiger partial charge in [-0.2, -0.15) is 5.10 Å². The van der Waals surface area contributed by atoms with Gasteiger partial charge in [0.15, 0.2) is 0 Å². The van der Waals surface area contributed by atoms with E-state index in [2.05, 4.69) is 35.4 Å². The van der Waals surface area contributed by atoms with Crippen LogP contribution >= 0.6 is 0 Å². The van der Waals surface area contributed by atoms with E-state index in [0.29, 0.717) is 12.1 Å². The molecule has 2 fully saturated rings. The third kappa shape index (κ3) is 5.05. The zero-order valence-corrected chi connectivity index (χ0v) is 15.0. The first kappa shape index (κ1) is 17.0. The molecule has 2 aliphatic rings.